The van der Waals surface area contributed by atoms with Crippen LogP contribution in [0.2, 0.25) is 0 Å². The predicted octanol–water partition coefficient (Wildman–Crippen LogP) is 3.07. The molecule has 2 aromatic rings. The summed E-state index contributed by atoms with van der Waals surface area (Å²) in [4.78, 5) is 0. The molecule has 3 rings (SSSR count). The van der Waals surface area contributed by atoms with Gasteiger partial charge in [0, 0.05) is 12.5 Å². The van der Waals surface area contributed by atoms with Gasteiger partial charge in [-0.25, -0.2) is 13.7 Å². The number of rotatable bonds is 5. The first-order valence-corrected chi connectivity index (χ1v) is 7.89. The molecule has 1 aliphatic rings. The molecule has 0 bridgehead atoms. The minimum absolute atomic E-state index is 0.110. The van der Waals surface area contributed by atoms with Gasteiger partial charge in [-0.3, -0.25) is 0 Å². The van der Waals surface area contributed by atoms with Crippen LogP contribution in [0.1, 0.15) is 24.0 Å². The van der Waals surface area contributed by atoms with E-state index in [-0.39, 0.29) is 11.2 Å². The van der Waals surface area contributed by atoms with Gasteiger partial charge in [-0.15, -0.1) is 0 Å². The van der Waals surface area contributed by atoms with Gasteiger partial charge in [0.1, 0.15) is 17.2 Å². The summed E-state index contributed by atoms with van der Waals surface area (Å²) in [7, 11) is 1.53. The minimum Gasteiger partial charge on any atom is -0.748 e. The highest BCUT2D eigenvalue weighted by Crippen LogP contribution is 2.53. The molecule has 1 aliphatic carbocycles. The molecule has 6 heteroatoms. The Morgan fingerprint density at radius 3 is 2.45 bits per heavy atom. The predicted molar refractivity (Wildman–Crippen MR) is 81.3 cm³/mol. The summed E-state index contributed by atoms with van der Waals surface area (Å²) in [5.41, 5.74) is 2.68. The van der Waals surface area contributed by atoms with E-state index in [1.54, 1.807) is 6.07 Å². The van der Waals surface area contributed by atoms with Crippen molar-refractivity contribution >= 4 is 17.0 Å². The molecule has 1 fully saturated rings. The number of hydrogen-bond donors (Lipinski definition) is 0. The summed E-state index contributed by atoms with van der Waals surface area (Å²) in [6.07, 6.45) is 1.97. The molecule has 0 spiro atoms. The van der Waals surface area contributed by atoms with Gasteiger partial charge in [0.2, 0.25) is 0 Å². The molecule has 1 atom stereocenters. The number of hydrogen-bond acceptors (Lipinski definition) is 4. The van der Waals surface area contributed by atoms with Crippen LogP contribution in [0.4, 0.5) is 10.1 Å². The Balaban J connectivity index is 1.92. The van der Waals surface area contributed by atoms with Gasteiger partial charge in [-0.05, 0) is 48.2 Å². The van der Waals surface area contributed by atoms with E-state index in [2.05, 4.69) is 4.28 Å². The molecule has 2 aromatic carbocycles. The fourth-order valence-corrected chi connectivity index (χ4v) is 3.04. The van der Waals surface area contributed by atoms with E-state index < -0.39 is 11.4 Å². The second-order valence-electron chi connectivity index (χ2n) is 5.42. The zero-order chi connectivity index (χ0) is 15.7. The molecular formula is C16H15FNO3S-. The molecule has 1 saturated carbocycles. The standard InChI is InChI=1S/C16H16FNO3S/c1-18(21-22(19)20)15-4-2-3-13(11-15)16(9-10-16)12-5-7-14(17)8-6-12/h2-8,11H,9-10H2,1H3,(H,19,20)/p-1. The zero-order valence-electron chi connectivity index (χ0n) is 12.0. The Hall–Kier alpha value is -1.76. The molecule has 0 amide bonds. The van der Waals surface area contributed by atoms with Gasteiger partial charge in [-0.1, -0.05) is 24.3 Å². The highest BCUT2D eigenvalue weighted by atomic mass is 32.2. The third-order valence-corrected chi connectivity index (χ3v) is 4.43. The van der Waals surface area contributed by atoms with Crippen molar-refractivity contribution in [2.75, 3.05) is 12.1 Å². The second-order valence-corrected chi connectivity index (χ2v) is 5.97. The van der Waals surface area contributed by atoms with E-state index in [9.17, 15) is 13.2 Å². The first kappa shape index (κ1) is 15.1. The Labute approximate surface area is 131 Å². The largest absolute Gasteiger partial charge is 0.748 e. The van der Waals surface area contributed by atoms with Crippen molar-refractivity contribution in [2.45, 2.75) is 18.3 Å². The monoisotopic (exact) mass is 320 g/mol. The number of nitrogens with zero attached hydrogens (tertiary/aromatic N) is 1. The fraction of sp³-hybridized carbons (Fsp3) is 0.250. The van der Waals surface area contributed by atoms with E-state index in [0.29, 0.717) is 5.69 Å². The van der Waals surface area contributed by atoms with Crippen LogP contribution in [0.25, 0.3) is 0 Å². The normalized spacial score (nSPS) is 17.0. The third-order valence-electron chi connectivity index (χ3n) is 4.08. The highest BCUT2D eigenvalue weighted by Gasteiger charge is 2.45. The lowest BCUT2D eigenvalue weighted by molar-refractivity contribution is 0.289. The van der Waals surface area contributed by atoms with Crippen LogP contribution in [0.15, 0.2) is 48.5 Å². The highest BCUT2D eigenvalue weighted by molar-refractivity contribution is 7.74. The lowest BCUT2D eigenvalue weighted by Crippen LogP contribution is -2.19. The molecule has 22 heavy (non-hydrogen) atoms. The van der Waals surface area contributed by atoms with Crippen molar-refractivity contribution in [3.8, 4) is 0 Å². The summed E-state index contributed by atoms with van der Waals surface area (Å²) >= 11 is -2.61. The Kier molecular flexibility index (Phi) is 3.99. The summed E-state index contributed by atoms with van der Waals surface area (Å²) in [6.45, 7) is 0. The number of anilines is 1. The second kappa shape index (κ2) is 5.79. The topological polar surface area (TPSA) is 52.6 Å². The van der Waals surface area contributed by atoms with E-state index >= 15 is 0 Å². The van der Waals surface area contributed by atoms with Gasteiger partial charge >= 0.3 is 0 Å². The van der Waals surface area contributed by atoms with Crippen LogP contribution in [-0.4, -0.2) is 15.8 Å². The summed E-state index contributed by atoms with van der Waals surface area (Å²) in [6, 6.07) is 14.1. The summed E-state index contributed by atoms with van der Waals surface area (Å²) in [5, 5.41) is 1.20. The molecule has 0 saturated heterocycles. The van der Waals surface area contributed by atoms with Gasteiger partial charge in [-0.2, -0.15) is 4.28 Å². The lowest BCUT2D eigenvalue weighted by atomic mass is 9.88. The lowest BCUT2D eigenvalue weighted by Gasteiger charge is -2.22. The molecule has 0 aromatic heterocycles. The Bertz CT molecular complexity index is 701. The number of halogens is 1. The summed E-state index contributed by atoms with van der Waals surface area (Å²) in [5.74, 6) is -0.251. The fourth-order valence-electron chi connectivity index (χ4n) is 2.77. The van der Waals surface area contributed by atoms with E-state index in [1.807, 2.05) is 30.3 Å². The first-order chi connectivity index (χ1) is 10.5. The molecular weight excluding hydrogens is 305 g/mol. The van der Waals surface area contributed by atoms with Crippen molar-refractivity contribution in [2.24, 2.45) is 0 Å². The average molecular weight is 320 g/mol. The molecule has 0 radical (unpaired) electrons. The smallest absolute Gasteiger partial charge is 0.123 e. The molecule has 4 nitrogen and oxygen atoms in total. The van der Waals surface area contributed by atoms with Crippen molar-refractivity contribution in [1.82, 2.24) is 0 Å². The third kappa shape index (κ3) is 2.90. The van der Waals surface area contributed by atoms with Crippen LogP contribution in [0.3, 0.4) is 0 Å². The van der Waals surface area contributed by atoms with Crippen molar-refractivity contribution in [3.63, 3.8) is 0 Å². The average Bonchev–Trinajstić information content (AvgIpc) is 3.29. The Morgan fingerprint density at radius 2 is 1.86 bits per heavy atom. The first-order valence-electron chi connectivity index (χ1n) is 6.89. The van der Waals surface area contributed by atoms with E-state index in [0.717, 1.165) is 24.0 Å². The maximum Gasteiger partial charge on any atom is 0.123 e. The Morgan fingerprint density at radius 1 is 1.18 bits per heavy atom. The SMILES string of the molecule is CN(OS(=O)[O-])c1cccc(C2(c3ccc(F)cc3)CC2)c1. The van der Waals surface area contributed by atoms with Crippen molar-refractivity contribution in [3.05, 3.63) is 65.5 Å². The maximum absolute atomic E-state index is 13.1. The zero-order valence-corrected chi connectivity index (χ0v) is 12.8. The van der Waals surface area contributed by atoms with E-state index in [1.165, 1.54) is 24.2 Å². The van der Waals surface area contributed by atoms with Gasteiger partial charge in [0.15, 0.2) is 0 Å². The molecule has 1 unspecified atom stereocenters. The van der Waals surface area contributed by atoms with Crippen LogP contribution in [0.5, 0.6) is 0 Å². The van der Waals surface area contributed by atoms with Gasteiger partial charge in [0.05, 0.1) is 5.69 Å². The van der Waals surface area contributed by atoms with E-state index in [4.69, 9.17) is 0 Å². The quantitative estimate of drug-likeness (QED) is 0.627. The van der Waals surface area contributed by atoms with Crippen LogP contribution in [0, 0.1) is 5.82 Å². The van der Waals surface area contributed by atoms with Crippen molar-refractivity contribution < 1.29 is 17.4 Å². The number of hydroxylamine groups is 1. The van der Waals surface area contributed by atoms with Crippen LogP contribution in [-0.2, 0) is 21.1 Å². The molecule has 0 aliphatic heterocycles. The van der Waals surface area contributed by atoms with Gasteiger partial charge < -0.3 is 4.55 Å². The van der Waals surface area contributed by atoms with Crippen LogP contribution < -0.4 is 5.06 Å². The number of benzene rings is 2. The van der Waals surface area contributed by atoms with Crippen LogP contribution >= 0.6 is 0 Å². The molecule has 0 heterocycles. The van der Waals surface area contributed by atoms with Gasteiger partial charge in [0.25, 0.3) is 0 Å². The molecule has 116 valence electrons. The maximum atomic E-state index is 13.1. The molecule has 0 N–H and O–H groups in total. The minimum atomic E-state index is -2.61. The van der Waals surface area contributed by atoms with Crippen molar-refractivity contribution in [1.29, 1.82) is 0 Å². The summed E-state index contributed by atoms with van der Waals surface area (Å²) < 4.78 is 39.0.